The lowest BCUT2D eigenvalue weighted by molar-refractivity contribution is -0.120. The average molecular weight is 292 g/mol. The molecule has 1 fully saturated rings. The fourth-order valence-corrected chi connectivity index (χ4v) is 2.14. The topological polar surface area (TPSA) is 96.7 Å². The summed E-state index contributed by atoms with van der Waals surface area (Å²) >= 11 is 0. The number of amides is 2. The highest BCUT2D eigenvalue weighted by Gasteiger charge is 2.13. The molecule has 0 spiro atoms. The number of hydrogen-bond acceptors (Lipinski definition) is 5. The predicted octanol–water partition coefficient (Wildman–Crippen LogP) is -0.509. The first-order chi connectivity index (χ1) is 10.2. The van der Waals surface area contributed by atoms with Crippen molar-refractivity contribution in [3.63, 3.8) is 0 Å². The van der Waals surface area contributed by atoms with Crippen LogP contribution in [0.25, 0.3) is 0 Å². The molecule has 0 saturated carbocycles. The molecule has 1 heterocycles. The van der Waals surface area contributed by atoms with Crippen LogP contribution in [0.4, 0.5) is 0 Å². The summed E-state index contributed by atoms with van der Waals surface area (Å²) in [6.45, 7) is 3.48. The van der Waals surface area contributed by atoms with Crippen LogP contribution >= 0.6 is 0 Å². The number of carbonyl (C=O) groups is 2. The molecule has 1 aliphatic heterocycles. The van der Waals surface area contributed by atoms with Crippen LogP contribution in [0.1, 0.15) is 16.8 Å². The fourth-order valence-electron chi connectivity index (χ4n) is 2.14. The molecular formula is C14H20N4O3. The number of carbonyl (C=O) groups excluding carboxylic acids is 2. The Morgan fingerprint density at radius 3 is 3.10 bits per heavy atom. The number of nitrogens with two attached hydrogens (primary N) is 1. The average Bonchev–Trinajstić information content (AvgIpc) is 2.71. The molecule has 114 valence electrons. The molecule has 0 aliphatic carbocycles. The second-order valence-electron chi connectivity index (χ2n) is 4.79. The highest BCUT2D eigenvalue weighted by atomic mass is 16.5. The van der Waals surface area contributed by atoms with Crippen molar-refractivity contribution in [1.29, 1.82) is 0 Å². The second-order valence-corrected chi connectivity index (χ2v) is 4.79. The second kappa shape index (κ2) is 7.61. The molecule has 2 rings (SSSR count). The van der Waals surface area contributed by atoms with Crippen molar-refractivity contribution in [2.24, 2.45) is 5.84 Å². The molecule has 2 amide bonds. The summed E-state index contributed by atoms with van der Waals surface area (Å²) in [5.41, 5.74) is 2.54. The summed E-state index contributed by atoms with van der Waals surface area (Å²) < 4.78 is 5.64. The van der Waals surface area contributed by atoms with E-state index in [-0.39, 0.29) is 11.8 Å². The van der Waals surface area contributed by atoms with Gasteiger partial charge in [-0.05, 0) is 18.2 Å². The number of nitrogen functional groups attached to an aromatic ring is 1. The van der Waals surface area contributed by atoms with Crippen LogP contribution in [-0.2, 0) is 4.79 Å². The van der Waals surface area contributed by atoms with E-state index < -0.39 is 0 Å². The van der Waals surface area contributed by atoms with Crippen LogP contribution in [0.5, 0.6) is 5.75 Å². The summed E-state index contributed by atoms with van der Waals surface area (Å²) in [5, 5.41) is 2.83. The Bertz CT molecular complexity index is 507. The van der Waals surface area contributed by atoms with Crippen LogP contribution < -0.4 is 21.3 Å². The van der Waals surface area contributed by atoms with Gasteiger partial charge in [-0.25, -0.2) is 5.84 Å². The molecule has 0 atom stereocenters. The Morgan fingerprint density at radius 1 is 1.43 bits per heavy atom. The monoisotopic (exact) mass is 292 g/mol. The number of hydrazine groups is 1. The van der Waals surface area contributed by atoms with Gasteiger partial charge in [0.15, 0.2) is 0 Å². The molecule has 1 aliphatic rings. The molecule has 0 radical (unpaired) electrons. The number of ether oxygens (including phenoxy) is 1. The molecule has 0 aromatic heterocycles. The summed E-state index contributed by atoms with van der Waals surface area (Å²) in [7, 11) is 0. The largest absolute Gasteiger partial charge is 0.492 e. The van der Waals surface area contributed by atoms with Gasteiger partial charge in [0.1, 0.15) is 12.4 Å². The van der Waals surface area contributed by atoms with E-state index in [1.165, 1.54) is 0 Å². The van der Waals surface area contributed by atoms with E-state index in [0.29, 0.717) is 30.9 Å². The number of nitrogens with zero attached hydrogens (tertiary/aromatic N) is 1. The van der Waals surface area contributed by atoms with Gasteiger partial charge in [0.05, 0.1) is 0 Å². The lowest BCUT2D eigenvalue weighted by atomic mass is 10.2. The maximum Gasteiger partial charge on any atom is 0.265 e. The van der Waals surface area contributed by atoms with Crippen molar-refractivity contribution in [2.75, 3.05) is 32.8 Å². The summed E-state index contributed by atoms with van der Waals surface area (Å²) in [6, 6.07) is 6.85. The molecule has 7 nitrogen and oxygen atoms in total. The molecule has 4 N–H and O–H groups in total. The molecule has 1 saturated heterocycles. The number of nitrogens with one attached hydrogen (secondary N) is 2. The van der Waals surface area contributed by atoms with Gasteiger partial charge >= 0.3 is 0 Å². The maximum absolute atomic E-state index is 11.4. The highest BCUT2D eigenvalue weighted by Crippen LogP contribution is 2.13. The van der Waals surface area contributed by atoms with Gasteiger partial charge in [0.25, 0.3) is 5.91 Å². The van der Waals surface area contributed by atoms with Gasteiger partial charge < -0.3 is 10.1 Å². The van der Waals surface area contributed by atoms with Crippen LogP contribution in [0, 0.1) is 0 Å². The zero-order chi connectivity index (χ0) is 15.1. The van der Waals surface area contributed by atoms with Crippen molar-refractivity contribution in [1.82, 2.24) is 15.6 Å². The molecule has 7 heteroatoms. The molecule has 21 heavy (non-hydrogen) atoms. The first-order valence-electron chi connectivity index (χ1n) is 6.92. The molecule has 1 aromatic rings. The zero-order valence-corrected chi connectivity index (χ0v) is 11.8. The minimum atomic E-state index is -0.349. The Kier molecular flexibility index (Phi) is 5.53. The van der Waals surface area contributed by atoms with E-state index in [1.807, 2.05) is 0 Å². The fraction of sp³-hybridized carbons (Fsp3) is 0.429. The van der Waals surface area contributed by atoms with E-state index in [2.05, 4.69) is 15.6 Å². The quantitative estimate of drug-likeness (QED) is 0.386. The summed E-state index contributed by atoms with van der Waals surface area (Å²) in [5.74, 6) is 5.47. The van der Waals surface area contributed by atoms with Gasteiger partial charge in [0.2, 0.25) is 5.91 Å². The van der Waals surface area contributed by atoms with Crippen molar-refractivity contribution >= 4 is 11.8 Å². The maximum atomic E-state index is 11.4. The Balaban J connectivity index is 1.80. The predicted molar refractivity (Wildman–Crippen MR) is 77.7 cm³/mol. The Morgan fingerprint density at radius 2 is 2.29 bits per heavy atom. The third-order valence-electron chi connectivity index (χ3n) is 3.31. The van der Waals surface area contributed by atoms with E-state index in [1.54, 1.807) is 24.3 Å². The van der Waals surface area contributed by atoms with Crippen LogP contribution in [0.15, 0.2) is 24.3 Å². The van der Waals surface area contributed by atoms with E-state index in [9.17, 15) is 9.59 Å². The molecular weight excluding hydrogens is 272 g/mol. The summed E-state index contributed by atoms with van der Waals surface area (Å²) in [6.07, 6.45) is 0.520. The van der Waals surface area contributed by atoms with Gasteiger partial charge in [0, 0.05) is 38.2 Å². The molecule has 0 unspecified atom stereocenters. The third-order valence-corrected chi connectivity index (χ3v) is 3.31. The molecule has 0 bridgehead atoms. The third kappa shape index (κ3) is 4.73. The highest BCUT2D eigenvalue weighted by molar-refractivity contribution is 5.94. The van der Waals surface area contributed by atoms with Gasteiger partial charge in [-0.3, -0.25) is 19.9 Å². The van der Waals surface area contributed by atoms with Crippen molar-refractivity contribution < 1.29 is 14.3 Å². The first-order valence-corrected chi connectivity index (χ1v) is 6.92. The van der Waals surface area contributed by atoms with Crippen LogP contribution in [0.2, 0.25) is 0 Å². The van der Waals surface area contributed by atoms with Gasteiger partial charge in [-0.1, -0.05) is 6.07 Å². The van der Waals surface area contributed by atoms with E-state index in [0.717, 1.165) is 19.6 Å². The minimum absolute atomic E-state index is 0.0962. The molecule has 1 aromatic carbocycles. The Hall–Kier alpha value is -2.12. The van der Waals surface area contributed by atoms with Gasteiger partial charge in [-0.15, -0.1) is 0 Å². The van der Waals surface area contributed by atoms with Crippen molar-refractivity contribution in [3.05, 3.63) is 29.8 Å². The normalized spacial score (nSPS) is 16.0. The first kappa shape index (κ1) is 15.3. The smallest absolute Gasteiger partial charge is 0.265 e. The van der Waals surface area contributed by atoms with Crippen molar-refractivity contribution in [3.8, 4) is 5.75 Å². The van der Waals surface area contributed by atoms with E-state index in [4.69, 9.17) is 10.6 Å². The lowest BCUT2D eigenvalue weighted by Gasteiger charge is -2.19. The van der Waals surface area contributed by atoms with Crippen molar-refractivity contribution in [2.45, 2.75) is 6.42 Å². The van der Waals surface area contributed by atoms with Crippen LogP contribution in [0.3, 0.4) is 0 Å². The van der Waals surface area contributed by atoms with Gasteiger partial charge in [-0.2, -0.15) is 0 Å². The number of benzene rings is 1. The lowest BCUT2D eigenvalue weighted by Crippen LogP contribution is -2.32. The number of rotatable bonds is 5. The van der Waals surface area contributed by atoms with E-state index >= 15 is 0 Å². The zero-order valence-electron chi connectivity index (χ0n) is 11.8. The number of hydrogen-bond donors (Lipinski definition) is 3. The Labute approximate surface area is 123 Å². The standard InChI is InChI=1S/C14H20N4O3/c15-17-14(20)11-2-1-3-12(10-11)21-9-8-18-6-4-13(19)16-5-7-18/h1-3,10H,4-9,15H2,(H,16,19)(H,17,20). The minimum Gasteiger partial charge on any atom is -0.492 e. The summed E-state index contributed by atoms with van der Waals surface area (Å²) in [4.78, 5) is 24.8. The van der Waals surface area contributed by atoms with Crippen LogP contribution in [-0.4, -0.2) is 49.5 Å². The SMILES string of the molecule is NNC(=O)c1cccc(OCCN2CCNC(=O)CC2)c1.